The van der Waals surface area contributed by atoms with Gasteiger partial charge in [-0.1, -0.05) is 31.0 Å². The largest absolute Gasteiger partial charge is 0.481 e. The number of amides is 1. The Morgan fingerprint density at radius 3 is 2.50 bits per heavy atom. The number of carbonyl (C=O) groups is 2. The van der Waals surface area contributed by atoms with Gasteiger partial charge in [-0.25, -0.2) is 4.39 Å². The SMILES string of the molecule is O=C(CC1(C(=O)O)CCCC1)NCc1ccccc1F. The van der Waals surface area contributed by atoms with Crippen molar-refractivity contribution in [3.8, 4) is 0 Å². The molecule has 0 unspecified atom stereocenters. The minimum absolute atomic E-state index is 0.0310. The highest BCUT2D eigenvalue weighted by atomic mass is 19.1. The number of aliphatic carboxylic acids is 1. The highest BCUT2D eigenvalue weighted by Crippen LogP contribution is 2.41. The third kappa shape index (κ3) is 3.15. The van der Waals surface area contributed by atoms with Gasteiger partial charge in [-0.3, -0.25) is 9.59 Å². The lowest BCUT2D eigenvalue weighted by atomic mass is 9.82. The zero-order valence-corrected chi connectivity index (χ0v) is 11.2. The van der Waals surface area contributed by atoms with Crippen LogP contribution in [0.4, 0.5) is 4.39 Å². The van der Waals surface area contributed by atoms with Gasteiger partial charge in [0.1, 0.15) is 5.82 Å². The normalized spacial score (nSPS) is 16.9. The van der Waals surface area contributed by atoms with E-state index in [1.54, 1.807) is 18.2 Å². The Labute approximate surface area is 117 Å². The van der Waals surface area contributed by atoms with Gasteiger partial charge in [-0.2, -0.15) is 0 Å². The van der Waals surface area contributed by atoms with Gasteiger partial charge in [0, 0.05) is 18.5 Å². The van der Waals surface area contributed by atoms with Crippen LogP contribution in [0.3, 0.4) is 0 Å². The summed E-state index contributed by atoms with van der Waals surface area (Å²) in [5.41, 5.74) is -0.532. The molecule has 1 aromatic carbocycles. The molecule has 1 fully saturated rings. The molecule has 20 heavy (non-hydrogen) atoms. The van der Waals surface area contributed by atoms with Crippen LogP contribution in [0.15, 0.2) is 24.3 Å². The van der Waals surface area contributed by atoms with Gasteiger partial charge in [-0.15, -0.1) is 0 Å². The van der Waals surface area contributed by atoms with Crippen molar-refractivity contribution in [1.29, 1.82) is 0 Å². The van der Waals surface area contributed by atoms with Gasteiger partial charge in [0.25, 0.3) is 0 Å². The van der Waals surface area contributed by atoms with Crippen LogP contribution in [0.25, 0.3) is 0 Å². The van der Waals surface area contributed by atoms with Crippen molar-refractivity contribution >= 4 is 11.9 Å². The van der Waals surface area contributed by atoms with Crippen LogP contribution >= 0.6 is 0 Å². The average molecular weight is 279 g/mol. The van der Waals surface area contributed by atoms with Crippen LogP contribution in [-0.2, 0) is 16.1 Å². The minimum atomic E-state index is -0.931. The topological polar surface area (TPSA) is 66.4 Å². The predicted octanol–water partition coefficient (Wildman–Crippen LogP) is 2.48. The average Bonchev–Trinajstić information content (AvgIpc) is 2.88. The number of carboxylic acids is 1. The van der Waals surface area contributed by atoms with Gasteiger partial charge >= 0.3 is 5.97 Å². The number of hydrogen-bond donors (Lipinski definition) is 2. The molecule has 0 radical (unpaired) electrons. The molecular formula is C15H18FNO3. The third-order valence-corrected chi connectivity index (χ3v) is 3.95. The summed E-state index contributed by atoms with van der Waals surface area (Å²) in [7, 11) is 0. The first-order valence-electron chi connectivity index (χ1n) is 6.77. The molecule has 1 aliphatic rings. The molecule has 108 valence electrons. The number of halogens is 1. The first kappa shape index (κ1) is 14.5. The Balaban J connectivity index is 1.92. The maximum Gasteiger partial charge on any atom is 0.310 e. The quantitative estimate of drug-likeness (QED) is 0.870. The van der Waals surface area contributed by atoms with E-state index >= 15 is 0 Å². The molecule has 4 nitrogen and oxygen atoms in total. The molecule has 0 bridgehead atoms. The first-order chi connectivity index (χ1) is 9.53. The summed E-state index contributed by atoms with van der Waals surface area (Å²) in [6.07, 6.45) is 2.72. The summed E-state index contributed by atoms with van der Waals surface area (Å²) in [6.45, 7) is 0.0845. The molecule has 0 aromatic heterocycles. The summed E-state index contributed by atoms with van der Waals surface area (Å²) in [4.78, 5) is 23.2. The zero-order chi connectivity index (χ0) is 14.6. The first-order valence-corrected chi connectivity index (χ1v) is 6.77. The molecule has 5 heteroatoms. The molecule has 1 aromatic rings. The van der Waals surface area contributed by atoms with Crippen molar-refractivity contribution < 1.29 is 19.1 Å². The van der Waals surface area contributed by atoms with E-state index in [0.29, 0.717) is 18.4 Å². The molecule has 1 aliphatic carbocycles. The van der Waals surface area contributed by atoms with E-state index in [4.69, 9.17) is 0 Å². The van der Waals surface area contributed by atoms with Crippen LogP contribution in [0.1, 0.15) is 37.7 Å². The maximum atomic E-state index is 13.4. The van der Waals surface area contributed by atoms with Crippen molar-refractivity contribution in [2.45, 2.75) is 38.6 Å². The van der Waals surface area contributed by atoms with E-state index in [-0.39, 0.29) is 24.7 Å². The highest BCUT2D eigenvalue weighted by Gasteiger charge is 2.42. The van der Waals surface area contributed by atoms with Gasteiger partial charge in [0.05, 0.1) is 5.41 Å². The second kappa shape index (κ2) is 6.03. The Morgan fingerprint density at radius 1 is 1.25 bits per heavy atom. The second-order valence-electron chi connectivity index (χ2n) is 5.34. The van der Waals surface area contributed by atoms with Crippen molar-refractivity contribution in [1.82, 2.24) is 5.32 Å². The Hall–Kier alpha value is -1.91. The smallest absolute Gasteiger partial charge is 0.310 e. The molecule has 2 N–H and O–H groups in total. The van der Waals surface area contributed by atoms with Crippen molar-refractivity contribution in [2.24, 2.45) is 5.41 Å². The number of hydrogen-bond acceptors (Lipinski definition) is 2. The van der Waals surface area contributed by atoms with E-state index in [1.807, 2.05) is 0 Å². The van der Waals surface area contributed by atoms with E-state index < -0.39 is 11.4 Å². The number of carbonyl (C=O) groups excluding carboxylic acids is 1. The number of benzene rings is 1. The van der Waals surface area contributed by atoms with E-state index in [2.05, 4.69) is 5.32 Å². The fourth-order valence-electron chi connectivity index (χ4n) is 2.72. The molecule has 1 saturated carbocycles. The third-order valence-electron chi connectivity index (χ3n) is 3.95. The lowest BCUT2D eigenvalue weighted by Gasteiger charge is -2.22. The van der Waals surface area contributed by atoms with E-state index in [9.17, 15) is 19.1 Å². The minimum Gasteiger partial charge on any atom is -0.481 e. The Bertz CT molecular complexity index is 510. The van der Waals surface area contributed by atoms with Crippen LogP contribution in [-0.4, -0.2) is 17.0 Å². The Morgan fingerprint density at radius 2 is 1.90 bits per heavy atom. The molecule has 0 spiro atoms. The monoisotopic (exact) mass is 279 g/mol. The van der Waals surface area contributed by atoms with Crippen molar-refractivity contribution in [3.63, 3.8) is 0 Å². The van der Waals surface area contributed by atoms with Gasteiger partial charge < -0.3 is 10.4 Å². The molecule has 1 amide bonds. The van der Waals surface area contributed by atoms with Crippen molar-refractivity contribution in [3.05, 3.63) is 35.6 Å². The summed E-state index contributed by atoms with van der Waals surface area (Å²) in [5.74, 6) is -1.62. The van der Waals surface area contributed by atoms with Crippen LogP contribution in [0, 0.1) is 11.2 Å². The summed E-state index contributed by atoms with van der Waals surface area (Å²) < 4.78 is 13.4. The molecule has 0 atom stereocenters. The molecule has 2 rings (SSSR count). The number of rotatable bonds is 5. The standard InChI is InChI=1S/C15H18FNO3/c16-12-6-2-1-5-11(12)10-17-13(18)9-15(14(19)20)7-3-4-8-15/h1-2,5-6H,3-4,7-10H2,(H,17,18)(H,19,20). The lowest BCUT2D eigenvalue weighted by molar-refractivity contribution is -0.151. The molecular weight excluding hydrogens is 261 g/mol. The summed E-state index contributed by atoms with van der Waals surface area (Å²) in [6, 6.07) is 6.20. The number of carboxylic acid groups (broad SMARTS) is 1. The molecule has 0 heterocycles. The summed E-state index contributed by atoms with van der Waals surface area (Å²) in [5, 5.41) is 11.9. The molecule has 0 aliphatic heterocycles. The number of nitrogens with one attached hydrogen (secondary N) is 1. The lowest BCUT2D eigenvalue weighted by Crippen LogP contribution is -2.35. The Kier molecular flexibility index (Phi) is 4.37. The highest BCUT2D eigenvalue weighted by molar-refractivity contribution is 5.85. The van der Waals surface area contributed by atoms with Gasteiger partial charge in [0.2, 0.25) is 5.91 Å². The van der Waals surface area contributed by atoms with Crippen LogP contribution in [0.5, 0.6) is 0 Å². The van der Waals surface area contributed by atoms with E-state index in [0.717, 1.165) is 12.8 Å². The summed E-state index contributed by atoms with van der Waals surface area (Å²) >= 11 is 0. The fourth-order valence-corrected chi connectivity index (χ4v) is 2.72. The molecule has 0 saturated heterocycles. The maximum absolute atomic E-state index is 13.4. The fraction of sp³-hybridized carbons (Fsp3) is 0.467. The van der Waals surface area contributed by atoms with Gasteiger partial charge in [0.15, 0.2) is 0 Å². The van der Waals surface area contributed by atoms with E-state index in [1.165, 1.54) is 6.07 Å². The van der Waals surface area contributed by atoms with Crippen LogP contribution < -0.4 is 5.32 Å². The second-order valence-corrected chi connectivity index (χ2v) is 5.34. The van der Waals surface area contributed by atoms with Gasteiger partial charge in [-0.05, 0) is 18.9 Å². The predicted molar refractivity (Wildman–Crippen MR) is 71.4 cm³/mol. The zero-order valence-electron chi connectivity index (χ0n) is 11.2. The van der Waals surface area contributed by atoms with Crippen molar-refractivity contribution in [2.75, 3.05) is 0 Å². The van der Waals surface area contributed by atoms with Crippen LogP contribution in [0.2, 0.25) is 0 Å².